The summed E-state index contributed by atoms with van der Waals surface area (Å²) in [5.41, 5.74) is 7.11. The van der Waals surface area contributed by atoms with Gasteiger partial charge >= 0.3 is 0 Å². The quantitative estimate of drug-likeness (QED) is 0.845. The first-order valence-electron chi connectivity index (χ1n) is 5.34. The Labute approximate surface area is 114 Å². The van der Waals surface area contributed by atoms with E-state index in [-0.39, 0.29) is 0 Å². The molecule has 2 rings (SSSR count). The Balaban J connectivity index is 1.96. The number of nitrogen functional groups attached to an aromatic ring is 1. The van der Waals surface area contributed by atoms with Crippen molar-refractivity contribution in [3.63, 3.8) is 0 Å². The van der Waals surface area contributed by atoms with Gasteiger partial charge in [-0.1, -0.05) is 28.4 Å². The van der Waals surface area contributed by atoms with Crippen LogP contribution in [0.25, 0.3) is 0 Å². The van der Waals surface area contributed by atoms with Crippen LogP contribution in [-0.4, -0.2) is 16.7 Å². The number of aromatic nitrogens is 2. The van der Waals surface area contributed by atoms with E-state index >= 15 is 0 Å². The highest BCUT2D eigenvalue weighted by Crippen LogP contribution is 2.30. The van der Waals surface area contributed by atoms with Gasteiger partial charge in [0.1, 0.15) is 0 Å². The van der Waals surface area contributed by atoms with Crippen LogP contribution in [0.15, 0.2) is 16.7 Å². The number of benzene rings is 1. The summed E-state index contributed by atoms with van der Waals surface area (Å²) < 4.78 is 4.87. The minimum atomic E-state index is 0.438. The van der Waals surface area contributed by atoms with Crippen LogP contribution in [0.5, 0.6) is 0 Å². The van der Waals surface area contributed by atoms with E-state index in [1.54, 1.807) is 19.1 Å². The monoisotopic (exact) mass is 286 g/mol. The fourth-order valence-electron chi connectivity index (χ4n) is 1.47. The third kappa shape index (κ3) is 3.05. The molecule has 5 nitrogen and oxygen atoms in total. The van der Waals surface area contributed by atoms with E-state index in [0.29, 0.717) is 40.4 Å². The molecule has 0 saturated carbocycles. The lowest BCUT2D eigenvalue weighted by atomic mass is 10.2. The average Bonchev–Trinajstić information content (AvgIpc) is 2.71. The van der Waals surface area contributed by atoms with E-state index < -0.39 is 0 Å². The summed E-state index contributed by atoms with van der Waals surface area (Å²) in [7, 11) is 0. The van der Waals surface area contributed by atoms with Gasteiger partial charge in [-0.25, -0.2) is 0 Å². The van der Waals surface area contributed by atoms with Crippen molar-refractivity contribution in [2.75, 3.05) is 17.6 Å². The van der Waals surface area contributed by atoms with Crippen LogP contribution in [0.1, 0.15) is 11.7 Å². The van der Waals surface area contributed by atoms with Crippen molar-refractivity contribution in [1.29, 1.82) is 0 Å². The molecule has 0 aliphatic rings. The summed E-state index contributed by atoms with van der Waals surface area (Å²) in [5, 5.41) is 7.85. The SMILES string of the molecule is Cc1nc(CCNc2cc(Cl)c(Cl)cc2N)no1. The Morgan fingerprint density at radius 2 is 2.06 bits per heavy atom. The molecule has 0 radical (unpaired) electrons. The van der Waals surface area contributed by atoms with Crippen molar-refractivity contribution in [3.8, 4) is 0 Å². The number of nitrogens with one attached hydrogen (secondary N) is 1. The molecule has 0 atom stereocenters. The molecular formula is C11H12Cl2N4O. The van der Waals surface area contributed by atoms with Crippen LogP contribution in [0.4, 0.5) is 11.4 Å². The lowest BCUT2D eigenvalue weighted by Crippen LogP contribution is -2.07. The highest BCUT2D eigenvalue weighted by Gasteiger charge is 2.06. The summed E-state index contributed by atoms with van der Waals surface area (Å²) in [6.07, 6.45) is 0.636. The topological polar surface area (TPSA) is 77.0 Å². The molecule has 7 heteroatoms. The zero-order valence-electron chi connectivity index (χ0n) is 9.70. The Bertz CT molecular complexity index is 556. The van der Waals surface area contributed by atoms with Crippen LogP contribution in [-0.2, 0) is 6.42 Å². The van der Waals surface area contributed by atoms with Gasteiger partial charge in [-0.2, -0.15) is 4.98 Å². The van der Waals surface area contributed by atoms with Crippen LogP contribution >= 0.6 is 23.2 Å². The molecule has 18 heavy (non-hydrogen) atoms. The van der Waals surface area contributed by atoms with Crippen LogP contribution in [0.2, 0.25) is 10.0 Å². The van der Waals surface area contributed by atoms with Gasteiger partial charge in [0, 0.05) is 19.9 Å². The summed E-state index contributed by atoms with van der Waals surface area (Å²) in [6.45, 7) is 2.38. The molecule has 2 aromatic rings. The standard InChI is InChI=1S/C11H12Cl2N4O/c1-6-16-11(17-18-6)2-3-15-10-5-8(13)7(12)4-9(10)14/h4-5,15H,2-3,14H2,1H3. The molecule has 0 spiro atoms. The summed E-state index contributed by atoms with van der Waals surface area (Å²) in [6, 6.07) is 3.31. The smallest absolute Gasteiger partial charge is 0.223 e. The highest BCUT2D eigenvalue weighted by molar-refractivity contribution is 6.42. The average molecular weight is 287 g/mol. The van der Waals surface area contributed by atoms with Gasteiger partial charge in [0.25, 0.3) is 0 Å². The van der Waals surface area contributed by atoms with Crippen molar-refractivity contribution in [2.24, 2.45) is 0 Å². The predicted octanol–water partition coefficient (Wildman–Crippen LogP) is 2.92. The molecule has 0 aliphatic heterocycles. The molecule has 0 saturated heterocycles. The number of rotatable bonds is 4. The van der Waals surface area contributed by atoms with Crippen LogP contribution in [0.3, 0.4) is 0 Å². The first-order valence-corrected chi connectivity index (χ1v) is 6.09. The third-order valence-electron chi connectivity index (χ3n) is 2.33. The number of nitrogens with zero attached hydrogens (tertiary/aromatic N) is 2. The van der Waals surface area contributed by atoms with E-state index in [1.807, 2.05) is 0 Å². The van der Waals surface area contributed by atoms with E-state index in [0.717, 1.165) is 5.69 Å². The molecule has 1 heterocycles. The van der Waals surface area contributed by atoms with Crippen molar-refractivity contribution in [2.45, 2.75) is 13.3 Å². The molecular weight excluding hydrogens is 275 g/mol. The van der Waals surface area contributed by atoms with Gasteiger partial charge < -0.3 is 15.6 Å². The molecule has 96 valence electrons. The first kappa shape index (κ1) is 13.0. The van der Waals surface area contributed by atoms with Gasteiger partial charge in [-0.05, 0) is 12.1 Å². The molecule has 0 aliphatic carbocycles. The Morgan fingerprint density at radius 3 is 2.72 bits per heavy atom. The summed E-state index contributed by atoms with van der Waals surface area (Å²) in [5.74, 6) is 1.21. The van der Waals surface area contributed by atoms with E-state index in [9.17, 15) is 0 Å². The van der Waals surface area contributed by atoms with Gasteiger partial charge in [0.15, 0.2) is 5.82 Å². The number of halogens is 2. The molecule has 1 aromatic carbocycles. The fraction of sp³-hybridized carbons (Fsp3) is 0.273. The lowest BCUT2D eigenvalue weighted by Gasteiger charge is -2.09. The normalized spacial score (nSPS) is 10.6. The van der Waals surface area contributed by atoms with Crippen molar-refractivity contribution in [1.82, 2.24) is 10.1 Å². The van der Waals surface area contributed by atoms with Gasteiger partial charge in [-0.15, -0.1) is 0 Å². The maximum Gasteiger partial charge on any atom is 0.223 e. The highest BCUT2D eigenvalue weighted by atomic mass is 35.5. The maximum atomic E-state index is 5.92. The van der Waals surface area contributed by atoms with E-state index in [1.165, 1.54) is 0 Å². The minimum Gasteiger partial charge on any atom is -0.397 e. The zero-order valence-corrected chi connectivity index (χ0v) is 11.2. The van der Waals surface area contributed by atoms with E-state index in [4.69, 9.17) is 33.5 Å². The van der Waals surface area contributed by atoms with E-state index in [2.05, 4.69) is 15.5 Å². The predicted molar refractivity (Wildman–Crippen MR) is 72.1 cm³/mol. The van der Waals surface area contributed by atoms with Crippen LogP contribution < -0.4 is 11.1 Å². The zero-order chi connectivity index (χ0) is 13.1. The molecule has 1 aromatic heterocycles. The van der Waals surface area contributed by atoms with Crippen molar-refractivity contribution >= 4 is 34.6 Å². The molecule has 3 N–H and O–H groups in total. The van der Waals surface area contributed by atoms with Crippen LogP contribution in [0, 0.1) is 6.92 Å². The second kappa shape index (κ2) is 5.46. The molecule has 0 fully saturated rings. The number of hydrogen-bond acceptors (Lipinski definition) is 5. The van der Waals surface area contributed by atoms with Gasteiger partial charge in [-0.3, -0.25) is 0 Å². The Kier molecular flexibility index (Phi) is 3.93. The maximum absolute atomic E-state index is 5.92. The van der Waals surface area contributed by atoms with Crippen molar-refractivity contribution in [3.05, 3.63) is 33.9 Å². The number of anilines is 2. The Morgan fingerprint density at radius 1 is 1.33 bits per heavy atom. The minimum absolute atomic E-state index is 0.438. The van der Waals surface area contributed by atoms with Gasteiger partial charge in [0.2, 0.25) is 5.89 Å². The Hall–Kier alpha value is -1.46. The summed E-state index contributed by atoms with van der Waals surface area (Å²) >= 11 is 11.8. The molecule has 0 unspecified atom stereocenters. The fourth-order valence-corrected chi connectivity index (χ4v) is 1.80. The second-order valence-electron chi connectivity index (χ2n) is 3.76. The second-order valence-corrected chi connectivity index (χ2v) is 4.57. The lowest BCUT2D eigenvalue weighted by molar-refractivity contribution is 0.387. The number of hydrogen-bond donors (Lipinski definition) is 2. The van der Waals surface area contributed by atoms with Crippen molar-refractivity contribution < 1.29 is 4.52 Å². The largest absolute Gasteiger partial charge is 0.397 e. The molecule has 0 amide bonds. The summed E-state index contributed by atoms with van der Waals surface area (Å²) in [4.78, 5) is 4.10. The number of aryl methyl sites for hydroxylation is 1. The van der Waals surface area contributed by atoms with Gasteiger partial charge in [0.05, 0.1) is 21.4 Å². The third-order valence-corrected chi connectivity index (χ3v) is 3.05. The first-order chi connectivity index (χ1) is 8.56. The molecule has 0 bridgehead atoms. The number of nitrogens with two attached hydrogens (primary N) is 1.